The number of benzene rings is 2. The molecule has 0 fully saturated rings. The van der Waals surface area contributed by atoms with Crippen LogP contribution in [0.1, 0.15) is 22.8 Å². The summed E-state index contributed by atoms with van der Waals surface area (Å²) < 4.78 is 0. The molecule has 2 heteroatoms. The number of hydrogen-bond donors (Lipinski definition) is 1. The summed E-state index contributed by atoms with van der Waals surface area (Å²) in [6.07, 6.45) is 2.60. The van der Waals surface area contributed by atoms with E-state index in [2.05, 4.69) is 17.4 Å². The number of rotatable bonds is 6. The molecule has 0 spiro atoms. The van der Waals surface area contributed by atoms with Gasteiger partial charge in [-0.05, 0) is 18.9 Å². The molecule has 0 aliphatic rings. The van der Waals surface area contributed by atoms with Crippen LogP contribution in [0.5, 0.6) is 0 Å². The third kappa shape index (κ3) is 4.39. The molecule has 0 atom stereocenters. The van der Waals surface area contributed by atoms with Gasteiger partial charge in [-0.15, -0.1) is 0 Å². The number of nitrogens with one attached hydrogen (secondary N) is 1. The van der Waals surface area contributed by atoms with Crippen molar-refractivity contribution in [2.24, 2.45) is 0 Å². The number of ketones is 1. The van der Waals surface area contributed by atoms with Crippen LogP contribution < -0.4 is 5.32 Å². The minimum atomic E-state index is 0.0373. The van der Waals surface area contributed by atoms with E-state index in [1.807, 2.05) is 55.5 Å². The maximum absolute atomic E-state index is 12.0. The zero-order valence-electron chi connectivity index (χ0n) is 11.7. The van der Waals surface area contributed by atoms with Crippen LogP contribution in [0.15, 0.2) is 72.4 Å². The monoisotopic (exact) mass is 265 g/mol. The molecule has 0 radical (unpaired) electrons. The lowest BCUT2D eigenvalue weighted by Crippen LogP contribution is -2.16. The van der Waals surface area contributed by atoms with E-state index >= 15 is 0 Å². The first-order chi connectivity index (χ1) is 9.75. The van der Waals surface area contributed by atoms with E-state index < -0.39 is 0 Å². The lowest BCUT2D eigenvalue weighted by atomic mass is 10.1. The third-order valence-electron chi connectivity index (χ3n) is 3.07. The smallest absolute Gasteiger partial charge is 0.187 e. The van der Waals surface area contributed by atoms with E-state index in [1.165, 1.54) is 5.56 Å². The molecule has 0 aliphatic heterocycles. The molecule has 2 aromatic rings. The molecular formula is C18H19NO. The van der Waals surface area contributed by atoms with E-state index in [4.69, 9.17) is 0 Å². The fourth-order valence-electron chi connectivity index (χ4n) is 1.98. The Balaban J connectivity index is 1.84. The molecule has 0 bridgehead atoms. The van der Waals surface area contributed by atoms with Crippen molar-refractivity contribution in [2.45, 2.75) is 13.3 Å². The molecule has 0 unspecified atom stereocenters. The summed E-state index contributed by atoms with van der Waals surface area (Å²) >= 11 is 0. The van der Waals surface area contributed by atoms with E-state index in [0.29, 0.717) is 0 Å². The van der Waals surface area contributed by atoms with E-state index in [0.717, 1.165) is 24.2 Å². The maximum Gasteiger partial charge on any atom is 0.187 e. The molecule has 20 heavy (non-hydrogen) atoms. The third-order valence-corrected chi connectivity index (χ3v) is 3.07. The molecule has 102 valence electrons. The minimum absolute atomic E-state index is 0.0373. The molecule has 0 saturated heterocycles. The van der Waals surface area contributed by atoms with Gasteiger partial charge in [0, 0.05) is 23.9 Å². The van der Waals surface area contributed by atoms with Gasteiger partial charge in [-0.2, -0.15) is 0 Å². The summed E-state index contributed by atoms with van der Waals surface area (Å²) in [5.74, 6) is 0.0373. The number of allylic oxidation sites excluding steroid dienone is 2. The Hall–Kier alpha value is -2.35. The average Bonchev–Trinajstić information content (AvgIpc) is 2.49. The molecule has 2 aromatic carbocycles. The molecule has 0 heterocycles. The first kappa shape index (κ1) is 14.1. The first-order valence-corrected chi connectivity index (χ1v) is 6.81. The zero-order valence-corrected chi connectivity index (χ0v) is 11.7. The molecular weight excluding hydrogens is 246 g/mol. The van der Waals surface area contributed by atoms with E-state index in [1.54, 1.807) is 6.08 Å². The van der Waals surface area contributed by atoms with Crippen LogP contribution >= 0.6 is 0 Å². The fraction of sp³-hybridized carbons (Fsp3) is 0.167. The Bertz CT molecular complexity index is 573. The highest BCUT2D eigenvalue weighted by Crippen LogP contribution is 2.03. The van der Waals surface area contributed by atoms with Crippen molar-refractivity contribution >= 4 is 5.78 Å². The average molecular weight is 265 g/mol. The Labute approximate surface area is 120 Å². The highest BCUT2D eigenvalue weighted by molar-refractivity contribution is 6.04. The van der Waals surface area contributed by atoms with Gasteiger partial charge in [0.1, 0.15) is 0 Å². The lowest BCUT2D eigenvalue weighted by Gasteiger charge is -2.06. The molecule has 2 nitrogen and oxygen atoms in total. The molecule has 2 rings (SSSR count). The predicted octanol–water partition coefficient (Wildman–Crippen LogP) is 3.61. The maximum atomic E-state index is 12.0. The normalized spacial score (nSPS) is 11.2. The highest BCUT2D eigenvalue weighted by Gasteiger charge is 2.01. The van der Waals surface area contributed by atoms with Crippen molar-refractivity contribution in [3.8, 4) is 0 Å². The van der Waals surface area contributed by atoms with Crippen molar-refractivity contribution in [1.29, 1.82) is 0 Å². The van der Waals surface area contributed by atoms with Crippen LogP contribution in [0.3, 0.4) is 0 Å². The van der Waals surface area contributed by atoms with E-state index in [-0.39, 0.29) is 5.78 Å². The summed E-state index contributed by atoms with van der Waals surface area (Å²) in [7, 11) is 0. The van der Waals surface area contributed by atoms with Gasteiger partial charge in [-0.1, -0.05) is 60.7 Å². The SMILES string of the molecule is CC(=CC(=O)c1ccccc1)NCCc1ccccc1. The fourth-order valence-corrected chi connectivity index (χ4v) is 1.98. The Morgan fingerprint density at radius 1 is 1.00 bits per heavy atom. The summed E-state index contributed by atoms with van der Waals surface area (Å²) in [4.78, 5) is 12.0. The van der Waals surface area contributed by atoms with Gasteiger partial charge in [0.2, 0.25) is 0 Å². The number of carbonyl (C=O) groups excluding carboxylic acids is 1. The van der Waals surface area contributed by atoms with E-state index in [9.17, 15) is 4.79 Å². The molecule has 0 aromatic heterocycles. The van der Waals surface area contributed by atoms with Gasteiger partial charge in [-0.25, -0.2) is 0 Å². The van der Waals surface area contributed by atoms with Crippen LogP contribution in [-0.2, 0) is 6.42 Å². The van der Waals surface area contributed by atoms with Crippen molar-refractivity contribution in [3.05, 3.63) is 83.6 Å². The zero-order chi connectivity index (χ0) is 14.2. The summed E-state index contributed by atoms with van der Waals surface area (Å²) in [6, 6.07) is 19.6. The van der Waals surface area contributed by atoms with Crippen LogP contribution in [0.2, 0.25) is 0 Å². The standard InChI is InChI=1S/C18H19NO/c1-15(14-18(20)17-10-6-3-7-11-17)19-13-12-16-8-4-2-5-9-16/h2-11,14,19H,12-13H2,1H3. The largest absolute Gasteiger partial charge is 0.388 e. The number of carbonyl (C=O) groups is 1. The summed E-state index contributed by atoms with van der Waals surface area (Å²) in [5, 5.41) is 3.27. The predicted molar refractivity (Wildman–Crippen MR) is 82.7 cm³/mol. The van der Waals surface area contributed by atoms with Crippen molar-refractivity contribution in [3.63, 3.8) is 0 Å². The second kappa shape index (κ2) is 7.29. The Kier molecular flexibility index (Phi) is 5.13. The quantitative estimate of drug-likeness (QED) is 0.638. The van der Waals surface area contributed by atoms with Crippen molar-refractivity contribution in [1.82, 2.24) is 5.32 Å². The van der Waals surface area contributed by atoms with Gasteiger partial charge in [-0.3, -0.25) is 4.79 Å². The molecule has 0 saturated carbocycles. The molecule has 0 aliphatic carbocycles. The van der Waals surface area contributed by atoms with Gasteiger partial charge in [0.25, 0.3) is 0 Å². The van der Waals surface area contributed by atoms with Gasteiger partial charge in [0.15, 0.2) is 5.78 Å². The molecule has 0 amide bonds. The van der Waals surface area contributed by atoms with Gasteiger partial charge in [0.05, 0.1) is 0 Å². The Morgan fingerprint density at radius 3 is 2.25 bits per heavy atom. The topological polar surface area (TPSA) is 29.1 Å². The minimum Gasteiger partial charge on any atom is -0.388 e. The Morgan fingerprint density at radius 2 is 1.60 bits per heavy atom. The summed E-state index contributed by atoms with van der Waals surface area (Å²) in [6.45, 7) is 2.75. The second-order valence-electron chi connectivity index (χ2n) is 4.72. The van der Waals surface area contributed by atoms with Crippen LogP contribution in [0, 0.1) is 0 Å². The van der Waals surface area contributed by atoms with Gasteiger partial charge >= 0.3 is 0 Å². The van der Waals surface area contributed by atoms with Crippen molar-refractivity contribution in [2.75, 3.05) is 6.54 Å². The van der Waals surface area contributed by atoms with Gasteiger partial charge < -0.3 is 5.32 Å². The lowest BCUT2D eigenvalue weighted by molar-refractivity contribution is 0.104. The highest BCUT2D eigenvalue weighted by atomic mass is 16.1. The first-order valence-electron chi connectivity index (χ1n) is 6.81. The van der Waals surface area contributed by atoms with Crippen LogP contribution in [0.25, 0.3) is 0 Å². The van der Waals surface area contributed by atoms with Crippen LogP contribution in [-0.4, -0.2) is 12.3 Å². The van der Waals surface area contributed by atoms with Crippen LogP contribution in [0.4, 0.5) is 0 Å². The van der Waals surface area contributed by atoms with Crippen molar-refractivity contribution < 1.29 is 4.79 Å². The molecule has 1 N–H and O–H groups in total. The summed E-state index contributed by atoms with van der Waals surface area (Å²) in [5.41, 5.74) is 2.91. The number of hydrogen-bond acceptors (Lipinski definition) is 2. The second-order valence-corrected chi connectivity index (χ2v) is 4.72.